The second kappa shape index (κ2) is 3.31. The van der Waals surface area contributed by atoms with Gasteiger partial charge in [0.05, 0.1) is 16.8 Å². The van der Waals surface area contributed by atoms with E-state index in [4.69, 9.17) is 0 Å². The Morgan fingerprint density at radius 2 is 2.60 bits per heavy atom. The molecule has 0 spiro atoms. The monoisotopic (exact) mass is 153 g/mol. The number of hydrogen-bond acceptors (Lipinski definition) is 4. The lowest BCUT2D eigenvalue weighted by atomic mass is 10.4. The molecule has 1 aliphatic rings. The molecule has 52 valence electrons. The van der Waals surface area contributed by atoms with Crippen LogP contribution in [0.5, 0.6) is 0 Å². The third-order valence-corrected chi connectivity index (χ3v) is 1.75. The lowest BCUT2D eigenvalue weighted by Gasteiger charge is -1.89. The molecule has 0 radical (unpaired) electrons. The Labute approximate surface area is 63.8 Å². The van der Waals surface area contributed by atoms with Crippen LogP contribution in [-0.2, 0) is 0 Å². The van der Waals surface area contributed by atoms with Crippen molar-refractivity contribution in [2.24, 2.45) is 14.4 Å². The Hall–Kier alpha value is -0.900. The number of nitrogens with zero attached hydrogens (tertiary/aromatic N) is 3. The molecule has 0 bridgehead atoms. The number of rotatable bonds is 1. The fourth-order valence-corrected chi connectivity index (χ4v) is 1.21. The molecule has 0 saturated carbocycles. The van der Waals surface area contributed by atoms with E-state index >= 15 is 0 Å². The summed E-state index contributed by atoms with van der Waals surface area (Å²) in [6, 6.07) is 0. The molecule has 1 rings (SSSR count). The summed E-state index contributed by atoms with van der Waals surface area (Å²) in [6.07, 6.45) is 3.36. The highest BCUT2D eigenvalue weighted by atomic mass is 32.2. The third kappa shape index (κ3) is 1.33. The van der Waals surface area contributed by atoms with Gasteiger partial charge in [0, 0.05) is 25.2 Å². The molecule has 0 saturated heterocycles. The van der Waals surface area contributed by atoms with Crippen molar-refractivity contribution >= 4 is 30.6 Å². The largest absolute Gasteiger partial charge is 0.286 e. The van der Waals surface area contributed by atoms with Gasteiger partial charge in [0.15, 0.2) is 0 Å². The molecule has 0 aromatic rings. The first-order chi connectivity index (χ1) is 4.88. The summed E-state index contributed by atoms with van der Waals surface area (Å²) in [5.74, 6) is 0. The van der Waals surface area contributed by atoms with Gasteiger partial charge < -0.3 is 0 Å². The zero-order valence-corrected chi connectivity index (χ0v) is 6.43. The molecule has 10 heavy (non-hydrogen) atoms. The van der Waals surface area contributed by atoms with Crippen molar-refractivity contribution in [2.75, 3.05) is 7.05 Å². The summed E-state index contributed by atoms with van der Waals surface area (Å²) < 4.78 is 3.94. The summed E-state index contributed by atoms with van der Waals surface area (Å²) >= 11 is 1.37. The first-order valence-electron chi connectivity index (χ1n) is 2.72. The van der Waals surface area contributed by atoms with Crippen molar-refractivity contribution < 1.29 is 0 Å². The number of hydrogen-bond donors (Lipinski definition) is 0. The maximum atomic E-state index is 3.98. The molecule has 1 aliphatic heterocycles. The van der Waals surface area contributed by atoms with Crippen LogP contribution in [0.1, 0.15) is 0 Å². The Bertz CT molecular complexity index is 227. The number of allylic oxidation sites excluding steroid dienone is 1. The summed E-state index contributed by atoms with van der Waals surface area (Å²) in [6.45, 7) is 3.34. The van der Waals surface area contributed by atoms with E-state index in [1.165, 1.54) is 11.9 Å². The second-order valence-electron chi connectivity index (χ2n) is 1.61. The first-order valence-corrected chi connectivity index (χ1v) is 3.49. The smallest absolute Gasteiger partial charge is 0.0930 e. The molecule has 4 heteroatoms. The topological polar surface area (TPSA) is 37.1 Å². The van der Waals surface area contributed by atoms with Crippen LogP contribution in [0, 0.1) is 0 Å². The predicted molar refractivity (Wildman–Crippen MR) is 47.1 cm³/mol. The van der Waals surface area contributed by atoms with Crippen LogP contribution < -0.4 is 0 Å². The fraction of sp³-hybridized carbons (Fsp3) is 0.167. The average molecular weight is 153 g/mol. The average Bonchev–Trinajstić information content (AvgIpc) is 2.36. The van der Waals surface area contributed by atoms with E-state index in [0.29, 0.717) is 0 Å². The van der Waals surface area contributed by atoms with Gasteiger partial charge in [-0.25, -0.2) is 4.40 Å². The minimum Gasteiger partial charge on any atom is -0.286 e. The molecule has 0 amide bonds. The van der Waals surface area contributed by atoms with Gasteiger partial charge in [-0.05, 0) is 6.72 Å². The van der Waals surface area contributed by atoms with Crippen LogP contribution in [0.4, 0.5) is 0 Å². The van der Waals surface area contributed by atoms with E-state index in [0.717, 1.165) is 10.6 Å². The lowest BCUT2D eigenvalue weighted by molar-refractivity contribution is 1.46. The molecule has 0 unspecified atom stereocenters. The van der Waals surface area contributed by atoms with Gasteiger partial charge in [0.25, 0.3) is 0 Å². The van der Waals surface area contributed by atoms with Crippen molar-refractivity contribution in [1.82, 2.24) is 0 Å². The van der Waals surface area contributed by atoms with E-state index in [9.17, 15) is 0 Å². The van der Waals surface area contributed by atoms with Crippen molar-refractivity contribution in [2.45, 2.75) is 0 Å². The van der Waals surface area contributed by atoms with E-state index in [1.807, 2.05) is 0 Å². The molecule has 0 fully saturated rings. The summed E-state index contributed by atoms with van der Waals surface area (Å²) in [4.78, 5) is 8.56. The van der Waals surface area contributed by atoms with Gasteiger partial charge in [0.2, 0.25) is 0 Å². The molecule has 0 aliphatic carbocycles. The van der Waals surface area contributed by atoms with E-state index in [-0.39, 0.29) is 0 Å². The highest BCUT2D eigenvalue weighted by molar-refractivity contribution is 8.03. The SMILES string of the molecule is C=NC=C1SN=CC1=NC. The van der Waals surface area contributed by atoms with Gasteiger partial charge in [-0.15, -0.1) is 0 Å². The normalized spacial score (nSPS) is 24.5. The molecular formula is C6H7N3S. The van der Waals surface area contributed by atoms with Crippen molar-refractivity contribution in [1.29, 1.82) is 0 Å². The van der Waals surface area contributed by atoms with Crippen LogP contribution in [-0.4, -0.2) is 25.7 Å². The van der Waals surface area contributed by atoms with Crippen molar-refractivity contribution in [3.05, 3.63) is 11.1 Å². The van der Waals surface area contributed by atoms with Gasteiger partial charge in [0.1, 0.15) is 0 Å². The van der Waals surface area contributed by atoms with Gasteiger partial charge in [-0.3, -0.25) is 9.98 Å². The lowest BCUT2D eigenvalue weighted by Crippen LogP contribution is -1.94. The van der Waals surface area contributed by atoms with Crippen LogP contribution in [0.2, 0.25) is 0 Å². The molecule has 0 N–H and O–H groups in total. The van der Waals surface area contributed by atoms with Crippen molar-refractivity contribution in [3.63, 3.8) is 0 Å². The Balaban J connectivity index is 2.84. The predicted octanol–water partition coefficient (Wildman–Crippen LogP) is 1.33. The van der Waals surface area contributed by atoms with Gasteiger partial charge >= 0.3 is 0 Å². The number of aliphatic imine (C=N–C) groups is 2. The van der Waals surface area contributed by atoms with Crippen molar-refractivity contribution in [3.8, 4) is 0 Å². The molecular weight excluding hydrogens is 146 g/mol. The summed E-state index contributed by atoms with van der Waals surface area (Å²) in [5, 5.41) is 0. The highest BCUT2D eigenvalue weighted by Gasteiger charge is 2.09. The Kier molecular flexibility index (Phi) is 2.39. The zero-order chi connectivity index (χ0) is 7.40. The summed E-state index contributed by atoms with van der Waals surface area (Å²) in [5.41, 5.74) is 0.873. The fourth-order valence-electron chi connectivity index (χ4n) is 0.584. The van der Waals surface area contributed by atoms with E-state index < -0.39 is 0 Å². The quantitative estimate of drug-likeness (QED) is 0.413. The van der Waals surface area contributed by atoms with E-state index in [1.54, 1.807) is 19.5 Å². The van der Waals surface area contributed by atoms with Gasteiger partial charge in [-0.1, -0.05) is 0 Å². The summed E-state index contributed by atoms with van der Waals surface area (Å²) in [7, 11) is 1.73. The second-order valence-corrected chi connectivity index (χ2v) is 2.44. The molecule has 0 aromatic carbocycles. The maximum Gasteiger partial charge on any atom is 0.0930 e. The van der Waals surface area contributed by atoms with Crippen LogP contribution in [0.25, 0.3) is 0 Å². The Morgan fingerprint density at radius 1 is 1.80 bits per heavy atom. The molecule has 1 heterocycles. The molecule has 0 atom stereocenters. The zero-order valence-electron chi connectivity index (χ0n) is 5.61. The first kappa shape index (κ1) is 7.21. The minimum absolute atomic E-state index is 0.873. The van der Waals surface area contributed by atoms with Gasteiger partial charge in [-0.2, -0.15) is 0 Å². The maximum absolute atomic E-state index is 3.98. The molecule has 0 aromatic heterocycles. The molecule has 3 nitrogen and oxygen atoms in total. The minimum atomic E-state index is 0.873. The van der Waals surface area contributed by atoms with Crippen LogP contribution in [0.15, 0.2) is 25.5 Å². The highest BCUT2D eigenvalue weighted by Crippen LogP contribution is 2.23. The standard InChI is InChI=1S/C6H7N3S/c1-7-4-6-5(8-2)3-9-10-6/h3-4H,1H2,2H3. The van der Waals surface area contributed by atoms with Crippen LogP contribution >= 0.6 is 11.9 Å². The third-order valence-electron chi connectivity index (χ3n) is 1.03. The Morgan fingerprint density at radius 3 is 3.20 bits per heavy atom. The van der Waals surface area contributed by atoms with E-state index in [2.05, 4.69) is 21.1 Å². The van der Waals surface area contributed by atoms with Crippen LogP contribution in [0.3, 0.4) is 0 Å².